The fourth-order valence-corrected chi connectivity index (χ4v) is 3.77. The highest BCUT2D eigenvalue weighted by Gasteiger charge is 2.30. The van der Waals surface area contributed by atoms with Crippen LogP contribution < -0.4 is 19.5 Å². The molecule has 7 heteroatoms. The first-order valence-corrected chi connectivity index (χ1v) is 11.6. The van der Waals surface area contributed by atoms with Gasteiger partial charge in [0.2, 0.25) is 5.91 Å². The lowest BCUT2D eigenvalue weighted by atomic mass is 10.0. The Kier molecular flexibility index (Phi) is 9.54. The van der Waals surface area contributed by atoms with E-state index in [0.29, 0.717) is 30.2 Å². The van der Waals surface area contributed by atoms with Crippen LogP contribution >= 0.6 is 0 Å². The third kappa shape index (κ3) is 7.24. The number of hydrogen-bond donors (Lipinski definition) is 1. The van der Waals surface area contributed by atoms with E-state index in [1.807, 2.05) is 73.7 Å². The third-order valence-corrected chi connectivity index (χ3v) is 5.53. The SMILES string of the molecule is CCNC(=O)C(Cc1ccccc1)N(Cc1cccc(OC)c1)C(=O)COc1ccccc1OC. The molecular formula is C28H32N2O5. The monoisotopic (exact) mass is 476 g/mol. The van der Waals surface area contributed by atoms with Crippen LogP contribution in [-0.2, 0) is 22.6 Å². The summed E-state index contributed by atoms with van der Waals surface area (Å²) in [5, 5.41) is 2.88. The van der Waals surface area contributed by atoms with Crippen LogP contribution in [0.4, 0.5) is 0 Å². The summed E-state index contributed by atoms with van der Waals surface area (Å²) < 4.78 is 16.5. The van der Waals surface area contributed by atoms with E-state index >= 15 is 0 Å². The quantitative estimate of drug-likeness (QED) is 0.430. The van der Waals surface area contributed by atoms with E-state index < -0.39 is 6.04 Å². The molecule has 3 rings (SSSR count). The van der Waals surface area contributed by atoms with E-state index in [1.165, 1.54) is 0 Å². The minimum absolute atomic E-state index is 0.218. The standard InChI is InChI=1S/C28H32N2O5/c1-4-29-28(32)24(18-21-11-6-5-7-12-21)30(19-22-13-10-14-23(17-22)33-2)27(31)20-35-26-16-9-8-15-25(26)34-3/h5-17,24H,4,18-20H2,1-3H3,(H,29,32). The molecule has 1 unspecified atom stereocenters. The zero-order valence-electron chi connectivity index (χ0n) is 20.4. The van der Waals surface area contributed by atoms with Crippen LogP contribution in [0.25, 0.3) is 0 Å². The Hall–Kier alpha value is -4.00. The van der Waals surface area contributed by atoms with Crippen LogP contribution in [0, 0.1) is 0 Å². The maximum atomic E-state index is 13.6. The second kappa shape index (κ2) is 13.0. The topological polar surface area (TPSA) is 77.1 Å². The lowest BCUT2D eigenvalue weighted by molar-refractivity contribution is -0.142. The van der Waals surface area contributed by atoms with E-state index in [2.05, 4.69) is 5.32 Å². The van der Waals surface area contributed by atoms with Crippen LogP contribution in [0.5, 0.6) is 17.2 Å². The average molecular weight is 477 g/mol. The van der Waals surface area contributed by atoms with Crippen LogP contribution in [-0.4, -0.2) is 50.1 Å². The van der Waals surface area contributed by atoms with Gasteiger partial charge in [0.15, 0.2) is 18.1 Å². The van der Waals surface area contributed by atoms with Gasteiger partial charge in [0.1, 0.15) is 11.8 Å². The van der Waals surface area contributed by atoms with Gasteiger partial charge in [0.25, 0.3) is 5.91 Å². The second-order valence-electron chi connectivity index (χ2n) is 7.91. The molecule has 0 aliphatic rings. The molecular weight excluding hydrogens is 444 g/mol. The summed E-state index contributed by atoms with van der Waals surface area (Å²) in [5.41, 5.74) is 1.80. The zero-order valence-corrected chi connectivity index (χ0v) is 20.4. The van der Waals surface area contributed by atoms with E-state index in [0.717, 1.165) is 11.1 Å². The first-order chi connectivity index (χ1) is 17.0. The number of ether oxygens (including phenoxy) is 3. The van der Waals surface area contributed by atoms with Crippen molar-refractivity contribution in [3.05, 3.63) is 90.0 Å². The fraction of sp³-hybridized carbons (Fsp3) is 0.286. The maximum Gasteiger partial charge on any atom is 0.261 e. The minimum Gasteiger partial charge on any atom is -0.497 e. The Morgan fingerprint density at radius 1 is 0.857 bits per heavy atom. The van der Waals surface area contributed by atoms with E-state index in [9.17, 15) is 9.59 Å². The number of benzene rings is 3. The van der Waals surface area contributed by atoms with E-state index in [-0.39, 0.29) is 25.0 Å². The molecule has 3 aromatic rings. The Balaban J connectivity index is 1.91. The molecule has 0 radical (unpaired) electrons. The van der Waals surface area contributed by atoms with Crippen molar-refractivity contribution in [3.8, 4) is 17.2 Å². The Morgan fingerprint density at radius 2 is 1.54 bits per heavy atom. The molecule has 0 aliphatic heterocycles. The summed E-state index contributed by atoms with van der Waals surface area (Å²) in [5.74, 6) is 1.14. The van der Waals surface area contributed by atoms with Gasteiger partial charge in [-0.25, -0.2) is 0 Å². The van der Waals surface area contributed by atoms with Crippen molar-refractivity contribution < 1.29 is 23.8 Å². The number of hydrogen-bond acceptors (Lipinski definition) is 5. The van der Waals surface area contributed by atoms with Crippen LogP contribution in [0.2, 0.25) is 0 Å². The molecule has 184 valence electrons. The van der Waals surface area contributed by atoms with E-state index in [4.69, 9.17) is 14.2 Å². The Bertz CT molecular complexity index is 1100. The number of likely N-dealkylation sites (N-methyl/N-ethyl adjacent to an activating group) is 1. The predicted octanol–water partition coefficient (Wildman–Crippen LogP) is 3.86. The highest BCUT2D eigenvalue weighted by molar-refractivity contribution is 5.88. The van der Waals surface area contributed by atoms with Crippen molar-refractivity contribution >= 4 is 11.8 Å². The van der Waals surface area contributed by atoms with Crippen molar-refractivity contribution in [2.45, 2.75) is 25.9 Å². The molecule has 0 aromatic heterocycles. The number of carbonyl (C=O) groups is 2. The third-order valence-electron chi connectivity index (χ3n) is 5.53. The number of carbonyl (C=O) groups excluding carboxylic acids is 2. The molecule has 7 nitrogen and oxygen atoms in total. The van der Waals surface area contributed by atoms with Gasteiger partial charge in [0.05, 0.1) is 14.2 Å². The van der Waals surface area contributed by atoms with Crippen LogP contribution in [0.1, 0.15) is 18.1 Å². The van der Waals surface area contributed by atoms with Gasteiger partial charge >= 0.3 is 0 Å². The van der Waals surface area contributed by atoms with Gasteiger partial charge < -0.3 is 24.4 Å². The molecule has 0 spiro atoms. The molecule has 0 saturated heterocycles. The smallest absolute Gasteiger partial charge is 0.261 e. The Morgan fingerprint density at radius 3 is 2.23 bits per heavy atom. The number of nitrogens with one attached hydrogen (secondary N) is 1. The lowest BCUT2D eigenvalue weighted by Gasteiger charge is -2.31. The molecule has 0 fully saturated rings. The number of amides is 2. The van der Waals surface area contributed by atoms with Crippen molar-refractivity contribution in [2.24, 2.45) is 0 Å². The average Bonchev–Trinajstić information content (AvgIpc) is 2.90. The molecule has 2 amide bonds. The summed E-state index contributed by atoms with van der Waals surface area (Å²) >= 11 is 0. The first kappa shape index (κ1) is 25.6. The molecule has 0 bridgehead atoms. The highest BCUT2D eigenvalue weighted by atomic mass is 16.5. The highest BCUT2D eigenvalue weighted by Crippen LogP contribution is 2.26. The van der Waals surface area contributed by atoms with Crippen molar-refractivity contribution in [1.82, 2.24) is 10.2 Å². The molecule has 1 N–H and O–H groups in total. The molecule has 1 atom stereocenters. The second-order valence-corrected chi connectivity index (χ2v) is 7.91. The Labute approximate surface area is 206 Å². The maximum absolute atomic E-state index is 13.6. The summed E-state index contributed by atoms with van der Waals surface area (Å²) in [6.07, 6.45) is 0.372. The largest absolute Gasteiger partial charge is 0.497 e. The van der Waals surface area contributed by atoms with Gasteiger partial charge in [-0.05, 0) is 42.3 Å². The van der Waals surface area contributed by atoms with Crippen molar-refractivity contribution in [1.29, 1.82) is 0 Å². The van der Waals surface area contributed by atoms with Crippen LogP contribution in [0.3, 0.4) is 0 Å². The van der Waals surface area contributed by atoms with Gasteiger partial charge in [-0.3, -0.25) is 9.59 Å². The summed E-state index contributed by atoms with van der Waals surface area (Å²) in [7, 11) is 3.14. The van der Waals surface area contributed by atoms with Crippen LogP contribution in [0.15, 0.2) is 78.9 Å². The fourth-order valence-electron chi connectivity index (χ4n) is 3.77. The number of rotatable bonds is 12. The summed E-state index contributed by atoms with van der Waals surface area (Å²) in [6.45, 7) is 2.30. The number of nitrogens with zero attached hydrogens (tertiary/aromatic N) is 1. The van der Waals surface area contributed by atoms with Gasteiger partial charge in [-0.2, -0.15) is 0 Å². The lowest BCUT2D eigenvalue weighted by Crippen LogP contribution is -2.51. The van der Waals surface area contributed by atoms with E-state index in [1.54, 1.807) is 31.3 Å². The number of methoxy groups -OCH3 is 2. The molecule has 0 heterocycles. The molecule has 35 heavy (non-hydrogen) atoms. The van der Waals surface area contributed by atoms with Gasteiger partial charge in [-0.1, -0.05) is 54.6 Å². The van der Waals surface area contributed by atoms with Gasteiger partial charge in [-0.15, -0.1) is 0 Å². The summed E-state index contributed by atoms with van der Waals surface area (Å²) in [4.78, 5) is 28.3. The predicted molar refractivity (Wildman–Crippen MR) is 135 cm³/mol. The molecule has 0 aliphatic carbocycles. The zero-order chi connectivity index (χ0) is 25.0. The molecule has 3 aromatic carbocycles. The van der Waals surface area contributed by atoms with Crippen molar-refractivity contribution in [3.63, 3.8) is 0 Å². The summed E-state index contributed by atoms with van der Waals surface area (Å²) in [6, 6.07) is 23.5. The normalized spacial score (nSPS) is 11.3. The number of para-hydroxylation sites is 2. The van der Waals surface area contributed by atoms with Gasteiger partial charge in [0, 0.05) is 19.5 Å². The molecule has 0 saturated carbocycles. The van der Waals surface area contributed by atoms with Crippen molar-refractivity contribution in [2.75, 3.05) is 27.4 Å². The first-order valence-electron chi connectivity index (χ1n) is 11.6. The minimum atomic E-state index is -0.725.